The van der Waals surface area contributed by atoms with E-state index in [0.29, 0.717) is 12.1 Å². The minimum absolute atomic E-state index is 0. The quantitative estimate of drug-likeness (QED) is 0.918. The fraction of sp³-hybridized carbons (Fsp3) is 0.667. The summed E-state index contributed by atoms with van der Waals surface area (Å²) in [6, 6.07) is 0.448. The lowest BCUT2D eigenvalue weighted by molar-refractivity contribution is 0.0973. The van der Waals surface area contributed by atoms with Gasteiger partial charge in [-0.2, -0.15) is 0 Å². The molecule has 8 heteroatoms. The summed E-state index contributed by atoms with van der Waals surface area (Å²) in [6.07, 6.45) is 10.6. The van der Waals surface area contributed by atoms with Crippen LogP contribution in [0.15, 0.2) is 18.6 Å². The van der Waals surface area contributed by atoms with Crippen molar-refractivity contribution in [3.05, 3.63) is 18.6 Å². The number of hydrogen-bond acceptors (Lipinski definition) is 5. The standard InChI is InChI=1S/C15H22N6O.ClH/c1-2-13(22-9-1)10-20-8-7-17-15(20)14-11-21(19-18-14)12-3-5-16-6-4-12;/h7-8,11-13,16H,1-6,9-10H2;1H. The summed E-state index contributed by atoms with van der Waals surface area (Å²) in [4.78, 5) is 4.47. The van der Waals surface area contributed by atoms with Crippen molar-refractivity contribution >= 4 is 12.4 Å². The highest BCUT2D eigenvalue weighted by Gasteiger charge is 2.21. The lowest BCUT2D eigenvalue weighted by atomic mass is 10.1. The van der Waals surface area contributed by atoms with Gasteiger partial charge in [0, 0.05) is 19.0 Å². The van der Waals surface area contributed by atoms with E-state index in [-0.39, 0.29) is 12.4 Å². The Labute approximate surface area is 141 Å². The highest BCUT2D eigenvalue weighted by molar-refractivity contribution is 5.85. The zero-order chi connectivity index (χ0) is 14.8. The lowest BCUT2D eigenvalue weighted by Gasteiger charge is -2.22. The van der Waals surface area contributed by atoms with Gasteiger partial charge in [-0.3, -0.25) is 0 Å². The molecule has 4 heterocycles. The molecule has 0 saturated carbocycles. The summed E-state index contributed by atoms with van der Waals surface area (Å²) >= 11 is 0. The topological polar surface area (TPSA) is 69.8 Å². The third kappa shape index (κ3) is 3.57. The Kier molecular flexibility index (Phi) is 5.30. The van der Waals surface area contributed by atoms with E-state index in [1.54, 1.807) is 0 Å². The van der Waals surface area contributed by atoms with Crippen LogP contribution in [-0.2, 0) is 11.3 Å². The van der Waals surface area contributed by atoms with Gasteiger partial charge in [0.25, 0.3) is 0 Å². The SMILES string of the molecule is Cl.c1cn(CC2CCCO2)c(-c2cn(C3CCNCC3)nn2)n1. The summed E-state index contributed by atoms with van der Waals surface area (Å²) in [7, 11) is 0. The Morgan fingerprint density at radius 2 is 2.13 bits per heavy atom. The fourth-order valence-electron chi connectivity index (χ4n) is 3.33. The largest absolute Gasteiger partial charge is 0.376 e. The van der Waals surface area contributed by atoms with Crippen LogP contribution in [0.4, 0.5) is 0 Å². The Bertz CT molecular complexity index is 615. The Morgan fingerprint density at radius 3 is 2.91 bits per heavy atom. The van der Waals surface area contributed by atoms with E-state index in [1.807, 2.05) is 23.3 Å². The number of aromatic nitrogens is 5. The van der Waals surface area contributed by atoms with Crippen LogP contribution in [0.2, 0.25) is 0 Å². The number of rotatable bonds is 4. The molecule has 0 radical (unpaired) electrons. The maximum atomic E-state index is 5.72. The molecule has 0 amide bonds. The van der Waals surface area contributed by atoms with Gasteiger partial charge in [-0.15, -0.1) is 17.5 Å². The summed E-state index contributed by atoms with van der Waals surface area (Å²) in [5.74, 6) is 0.885. The predicted molar refractivity (Wildman–Crippen MR) is 88.6 cm³/mol. The molecule has 2 saturated heterocycles. The summed E-state index contributed by atoms with van der Waals surface area (Å²) in [5.41, 5.74) is 0.849. The zero-order valence-electron chi connectivity index (χ0n) is 13.1. The summed E-state index contributed by atoms with van der Waals surface area (Å²) in [5, 5.41) is 12.0. The molecule has 0 aliphatic carbocycles. The van der Waals surface area contributed by atoms with E-state index in [0.717, 1.165) is 63.4 Å². The normalized spacial score (nSPS) is 22.2. The zero-order valence-corrected chi connectivity index (χ0v) is 13.9. The van der Waals surface area contributed by atoms with Gasteiger partial charge < -0.3 is 14.6 Å². The Hall–Kier alpha value is -1.44. The highest BCUT2D eigenvalue weighted by Crippen LogP contribution is 2.22. The van der Waals surface area contributed by atoms with Gasteiger partial charge in [0.2, 0.25) is 0 Å². The average molecular weight is 339 g/mol. The van der Waals surface area contributed by atoms with E-state index in [4.69, 9.17) is 4.74 Å². The molecule has 23 heavy (non-hydrogen) atoms. The molecule has 2 fully saturated rings. The molecule has 1 N–H and O–H groups in total. The third-order valence-electron chi connectivity index (χ3n) is 4.56. The second-order valence-electron chi connectivity index (χ2n) is 6.10. The Balaban J connectivity index is 0.00000156. The number of imidazole rings is 1. The van der Waals surface area contributed by atoms with Crippen molar-refractivity contribution in [3.63, 3.8) is 0 Å². The molecular formula is C15H23ClN6O. The Morgan fingerprint density at radius 1 is 1.26 bits per heavy atom. The van der Waals surface area contributed by atoms with E-state index < -0.39 is 0 Å². The molecule has 2 aromatic heterocycles. The van der Waals surface area contributed by atoms with Crippen molar-refractivity contribution in [1.29, 1.82) is 0 Å². The first-order chi connectivity index (χ1) is 10.9. The van der Waals surface area contributed by atoms with Crippen molar-refractivity contribution in [2.24, 2.45) is 0 Å². The second-order valence-corrected chi connectivity index (χ2v) is 6.10. The molecule has 126 valence electrons. The number of piperidine rings is 1. The van der Waals surface area contributed by atoms with E-state index >= 15 is 0 Å². The summed E-state index contributed by atoms with van der Waals surface area (Å²) < 4.78 is 9.85. The number of hydrogen-bond donors (Lipinski definition) is 1. The smallest absolute Gasteiger partial charge is 0.162 e. The molecule has 7 nitrogen and oxygen atoms in total. The minimum Gasteiger partial charge on any atom is -0.376 e. The molecule has 0 aromatic carbocycles. The van der Waals surface area contributed by atoms with Crippen LogP contribution >= 0.6 is 12.4 Å². The van der Waals surface area contributed by atoms with Crippen LogP contribution in [-0.4, -0.2) is 50.3 Å². The minimum atomic E-state index is 0. The molecule has 4 rings (SSSR count). The second kappa shape index (κ2) is 7.42. The molecule has 0 spiro atoms. The van der Waals surface area contributed by atoms with Crippen LogP contribution < -0.4 is 5.32 Å². The van der Waals surface area contributed by atoms with Crippen LogP contribution in [0.25, 0.3) is 11.5 Å². The number of nitrogens with one attached hydrogen (secondary N) is 1. The van der Waals surface area contributed by atoms with Crippen LogP contribution in [0, 0.1) is 0 Å². The van der Waals surface area contributed by atoms with E-state index in [2.05, 4.69) is 25.2 Å². The van der Waals surface area contributed by atoms with Crippen molar-refractivity contribution in [2.75, 3.05) is 19.7 Å². The molecule has 2 aromatic rings. The molecule has 0 bridgehead atoms. The highest BCUT2D eigenvalue weighted by atomic mass is 35.5. The number of ether oxygens (including phenoxy) is 1. The van der Waals surface area contributed by atoms with Crippen LogP contribution in [0.3, 0.4) is 0 Å². The maximum absolute atomic E-state index is 5.72. The van der Waals surface area contributed by atoms with Gasteiger partial charge in [0.05, 0.1) is 24.9 Å². The van der Waals surface area contributed by atoms with Crippen molar-refractivity contribution in [2.45, 2.75) is 44.4 Å². The first-order valence-corrected chi connectivity index (χ1v) is 8.16. The monoisotopic (exact) mass is 338 g/mol. The summed E-state index contributed by atoms with van der Waals surface area (Å²) in [6.45, 7) is 3.82. The first kappa shape index (κ1) is 16.4. The van der Waals surface area contributed by atoms with Crippen molar-refractivity contribution in [3.8, 4) is 11.5 Å². The first-order valence-electron chi connectivity index (χ1n) is 8.16. The van der Waals surface area contributed by atoms with Crippen molar-refractivity contribution in [1.82, 2.24) is 29.9 Å². The number of nitrogens with zero attached hydrogens (tertiary/aromatic N) is 5. The van der Waals surface area contributed by atoms with Gasteiger partial charge in [-0.25, -0.2) is 9.67 Å². The average Bonchev–Trinajstić information content (AvgIpc) is 3.30. The fourth-order valence-corrected chi connectivity index (χ4v) is 3.33. The lowest BCUT2D eigenvalue weighted by Crippen LogP contribution is -2.29. The van der Waals surface area contributed by atoms with Crippen molar-refractivity contribution < 1.29 is 4.74 Å². The van der Waals surface area contributed by atoms with Crippen LogP contribution in [0.1, 0.15) is 31.7 Å². The van der Waals surface area contributed by atoms with Crippen LogP contribution in [0.5, 0.6) is 0 Å². The predicted octanol–water partition coefficient (Wildman–Crippen LogP) is 1.67. The van der Waals surface area contributed by atoms with Gasteiger partial charge in [-0.05, 0) is 38.8 Å². The van der Waals surface area contributed by atoms with E-state index in [1.165, 1.54) is 0 Å². The van der Waals surface area contributed by atoms with E-state index in [9.17, 15) is 0 Å². The van der Waals surface area contributed by atoms with Gasteiger partial charge in [0.1, 0.15) is 5.69 Å². The molecule has 1 unspecified atom stereocenters. The molecule has 1 atom stereocenters. The van der Waals surface area contributed by atoms with Gasteiger partial charge in [-0.1, -0.05) is 5.21 Å². The number of halogens is 1. The maximum Gasteiger partial charge on any atom is 0.162 e. The van der Waals surface area contributed by atoms with Gasteiger partial charge >= 0.3 is 0 Å². The molecule has 2 aliphatic rings. The third-order valence-corrected chi connectivity index (χ3v) is 4.56. The van der Waals surface area contributed by atoms with Gasteiger partial charge in [0.15, 0.2) is 5.82 Å². The molecule has 2 aliphatic heterocycles. The molecular weight excluding hydrogens is 316 g/mol.